The Morgan fingerprint density at radius 1 is 0.968 bits per heavy atom. The maximum absolute atomic E-state index is 13.3. The molecule has 4 rings (SSSR count). The molecule has 0 spiro atoms. The van der Waals surface area contributed by atoms with Crippen LogP contribution in [0.2, 0.25) is 0 Å². The molecule has 3 aromatic carbocycles. The van der Waals surface area contributed by atoms with Crippen molar-refractivity contribution in [2.45, 2.75) is 6.92 Å². The Kier molecular flexibility index (Phi) is 5.62. The predicted octanol–water partition coefficient (Wildman–Crippen LogP) is 5.46. The number of nitro benzene ring substituents is 1. The summed E-state index contributed by atoms with van der Waals surface area (Å²) in [5, 5.41) is 11.0. The molecule has 6 heteroatoms. The summed E-state index contributed by atoms with van der Waals surface area (Å²) in [5.41, 5.74) is 3.55. The Labute approximate surface area is 179 Å². The first-order valence-corrected chi connectivity index (χ1v) is 9.87. The van der Waals surface area contributed by atoms with E-state index in [-0.39, 0.29) is 11.6 Å². The lowest BCUT2D eigenvalue weighted by Crippen LogP contribution is -2.24. The molecule has 3 aromatic rings. The first-order chi connectivity index (χ1) is 15.1. The number of hydrogen-bond acceptors (Lipinski definition) is 4. The number of nitro groups is 1. The third-order valence-electron chi connectivity index (χ3n) is 4.88. The minimum Gasteiger partial charge on any atom is -0.494 e. The average molecular weight is 412 g/mol. The van der Waals surface area contributed by atoms with E-state index < -0.39 is 4.92 Å². The fourth-order valence-corrected chi connectivity index (χ4v) is 3.42. The minimum absolute atomic E-state index is 0.0224. The number of rotatable bonds is 6. The Morgan fingerprint density at radius 2 is 1.65 bits per heavy atom. The van der Waals surface area contributed by atoms with Gasteiger partial charge in [0.05, 0.1) is 17.2 Å². The van der Waals surface area contributed by atoms with Crippen LogP contribution in [0.3, 0.4) is 0 Å². The van der Waals surface area contributed by atoms with Crippen LogP contribution >= 0.6 is 0 Å². The minimum atomic E-state index is -0.458. The molecule has 0 saturated heterocycles. The first kappa shape index (κ1) is 20.1. The molecule has 0 atom stereocenters. The maximum Gasteiger partial charge on any atom is 0.269 e. The van der Waals surface area contributed by atoms with Gasteiger partial charge in [-0.15, -0.1) is 0 Å². The lowest BCUT2D eigenvalue weighted by atomic mass is 10.1. The van der Waals surface area contributed by atoms with E-state index in [1.165, 1.54) is 12.1 Å². The summed E-state index contributed by atoms with van der Waals surface area (Å²) in [5.74, 6) is 0.581. The van der Waals surface area contributed by atoms with Crippen molar-refractivity contribution in [2.75, 3.05) is 11.5 Å². The quantitative estimate of drug-likeness (QED) is 0.306. The van der Waals surface area contributed by atoms with Crippen LogP contribution in [0.25, 0.3) is 11.8 Å². The highest BCUT2D eigenvalue weighted by atomic mass is 16.6. The van der Waals surface area contributed by atoms with Crippen molar-refractivity contribution < 1.29 is 14.5 Å². The van der Waals surface area contributed by atoms with Crippen LogP contribution < -0.4 is 9.64 Å². The van der Waals surface area contributed by atoms with E-state index in [1.807, 2.05) is 73.7 Å². The standard InChI is InChI=1S/C25H20N2O4/c1-2-31-23-14-8-18(9-15-23)16-20-17-24(19-6-4-3-5-7-19)26(25(20)28)21-10-12-22(13-11-21)27(29)30/h3-17H,2H2,1H3/b20-16+. The van der Waals surface area contributed by atoms with Gasteiger partial charge in [0, 0.05) is 23.4 Å². The van der Waals surface area contributed by atoms with Crippen molar-refractivity contribution in [2.24, 2.45) is 0 Å². The van der Waals surface area contributed by atoms with Crippen LogP contribution in [0.4, 0.5) is 11.4 Å². The second kappa shape index (κ2) is 8.67. The van der Waals surface area contributed by atoms with Gasteiger partial charge < -0.3 is 4.74 Å². The fourth-order valence-electron chi connectivity index (χ4n) is 3.42. The van der Waals surface area contributed by atoms with Gasteiger partial charge in [-0.3, -0.25) is 19.8 Å². The van der Waals surface area contributed by atoms with Crippen molar-refractivity contribution in [1.29, 1.82) is 0 Å². The zero-order valence-electron chi connectivity index (χ0n) is 16.9. The predicted molar refractivity (Wildman–Crippen MR) is 121 cm³/mol. The molecule has 31 heavy (non-hydrogen) atoms. The van der Waals surface area contributed by atoms with E-state index in [1.54, 1.807) is 17.0 Å². The van der Waals surface area contributed by atoms with Gasteiger partial charge >= 0.3 is 0 Å². The summed E-state index contributed by atoms with van der Waals surface area (Å²) < 4.78 is 5.47. The van der Waals surface area contributed by atoms with Gasteiger partial charge in [0.1, 0.15) is 5.75 Å². The highest BCUT2D eigenvalue weighted by molar-refractivity contribution is 6.23. The van der Waals surface area contributed by atoms with Crippen molar-refractivity contribution in [3.8, 4) is 5.75 Å². The highest BCUT2D eigenvalue weighted by Crippen LogP contribution is 2.35. The molecular weight excluding hydrogens is 392 g/mol. The molecule has 0 bridgehead atoms. The van der Waals surface area contributed by atoms with Crippen LogP contribution in [-0.2, 0) is 4.79 Å². The van der Waals surface area contributed by atoms with Crippen LogP contribution in [-0.4, -0.2) is 17.4 Å². The van der Waals surface area contributed by atoms with E-state index in [0.717, 1.165) is 22.6 Å². The molecule has 1 aliphatic heterocycles. The van der Waals surface area contributed by atoms with E-state index in [9.17, 15) is 14.9 Å². The highest BCUT2D eigenvalue weighted by Gasteiger charge is 2.30. The molecule has 0 aromatic heterocycles. The van der Waals surface area contributed by atoms with Crippen LogP contribution in [0, 0.1) is 10.1 Å². The zero-order chi connectivity index (χ0) is 21.8. The number of benzene rings is 3. The first-order valence-electron chi connectivity index (χ1n) is 9.87. The summed E-state index contributed by atoms with van der Waals surface area (Å²) in [4.78, 5) is 25.5. The summed E-state index contributed by atoms with van der Waals surface area (Å²) in [6.45, 7) is 2.52. The molecule has 0 radical (unpaired) electrons. The van der Waals surface area contributed by atoms with E-state index >= 15 is 0 Å². The smallest absolute Gasteiger partial charge is 0.269 e. The van der Waals surface area contributed by atoms with Gasteiger partial charge in [0.2, 0.25) is 0 Å². The Bertz CT molecular complexity index is 1160. The average Bonchev–Trinajstić information content (AvgIpc) is 3.12. The number of hydrogen-bond donors (Lipinski definition) is 0. The summed E-state index contributed by atoms with van der Waals surface area (Å²) in [6.07, 6.45) is 3.67. The summed E-state index contributed by atoms with van der Waals surface area (Å²) >= 11 is 0. The van der Waals surface area contributed by atoms with Gasteiger partial charge in [0.25, 0.3) is 11.6 Å². The van der Waals surface area contributed by atoms with E-state index in [4.69, 9.17) is 4.74 Å². The number of nitrogens with zero attached hydrogens (tertiary/aromatic N) is 2. The monoisotopic (exact) mass is 412 g/mol. The molecule has 0 aliphatic carbocycles. The second-order valence-corrected chi connectivity index (χ2v) is 6.91. The molecule has 0 fully saturated rings. The number of amides is 1. The SMILES string of the molecule is CCOc1ccc(/C=C2\C=C(c3ccccc3)N(c3ccc([N+](=O)[O-])cc3)C2=O)cc1. The molecule has 0 saturated carbocycles. The van der Waals surface area contributed by atoms with Crippen molar-refractivity contribution >= 4 is 29.1 Å². The summed E-state index contributed by atoms with van der Waals surface area (Å²) in [7, 11) is 0. The number of non-ortho nitro benzene ring substituents is 1. The normalized spacial score (nSPS) is 14.6. The molecule has 0 N–H and O–H groups in total. The third-order valence-corrected chi connectivity index (χ3v) is 4.88. The van der Waals surface area contributed by atoms with Crippen molar-refractivity contribution in [3.05, 3.63) is 112 Å². The zero-order valence-corrected chi connectivity index (χ0v) is 16.9. The number of carbonyl (C=O) groups is 1. The lowest BCUT2D eigenvalue weighted by molar-refractivity contribution is -0.384. The fraction of sp³-hybridized carbons (Fsp3) is 0.0800. The van der Waals surface area contributed by atoms with Gasteiger partial charge in [0.15, 0.2) is 0 Å². The Morgan fingerprint density at radius 3 is 2.26 bits per heavy atom. The second-order valence-electron chi connectivity index (χ2n) is 6.91. The van der Waals surface area contributed by atoms with Gasteiger partial charge in [-0.1, -0.05) is 42.5 Å². The van der Waals surface area contributed by atoms with Gasteiger partial charge in [-0.25, -0.2) is 0 Å². The van der Waals surface area contributed by atoms with Gasteiger partial charge in [-0.05, 0) is 54.5 Å². The number of ether oxygens (including phenoxy) is 1. The maximum atomic E-state index is 13.3. The molecule has 1 heterocycles. The Hall–Kier alpha value is -4.19. The topological polar surface area (TPSA) is 72.7 Å². The molecular formula is C25H20N2O4. The molecule has 6 nitrogen and oxygen atoms in total. The third kappa shape index (κ3) is 4.23. The van der Waals surface area contributed by atoms with Crippen LogP contribution in [0.15, 0.2) is 90.5 Å². The molecule has 1 amide bonds. The molecule has 1 aliphatic rings. The molecule has 154 valence electrons. The van der Waals surface area contributed by atoms with Crippen molar-refractivity contribution in [3.63, 3.8) is 0 Å². The van der Waals surface area contributed by atoms with E-state index in [0.29, 0.717) is 17.9 Å². The van der Waals surface area contributed by atoms with Gasteiger partial charge in [-0.2, -0.15) is 0 Å². The van der Waals surface area contributed by atoms with E-state index in [2.05, 4.69) is 0 Å². The lowest BCUT2D eigenvalue weighted by Gasteiger charge is -2.20. The molecule has 0 unspecified atom stereocenters. The Balaban J connectivity index is 1.73. The number of carbonyl (C=O) groups excluding carboxylic acids is 1. The number of anilines is 1. The summed E-state index contributed by atoms with van der Waals surface area (Å²) in [6, 6.07) is 23.1. The van der Waals surface area contributed by atoms with Crippen molar-refractivity contribution in [1.82, 2.24) is 0 Å². The largest absolute Gasteiger partial charge is 0.494 e. The van der Waals surface area contributed by atoms with Crippen LogP contribution in [0.1, 0.15) is 18.1 Å². The van der Waals surface area contributed by atoms with Crippen LogP contribution in [0.5, 0.6) is 5.75 Å².